The van der Waals surface area contributed by atoms with Crippen molar-refractivity contribution in [2.24, 2.45) is 0 Å². The van der Waals surface area contributed by atoms with Crippen LogP contribution in [-0.2, 0) is 9.53 Å². The number of esters is 1. The molecule has 0 rings (SSSR count). The molecule has 0 saturated carbocycles. The van der Waals surface area contributed by atoms with Gasteiger partial charge in [-0.3, -0.25) is 4.79 Å². The maximum absolute atomic E-state index is 11.4. The maximum atomic E-state index is 11.4. The Bertz CT molecular complexity index is 165. The molecule has 0 aromatic rings. The van der Waals surface area contributed by atoms with E-state index in [1.54, 1.807) is 7.05 Å². The molecule has 0 aromatic heterocycles. The Labute approximate surface area is 97.3 Å². The van der Waals surface area contributed by atoms with Crippen LogP contribution < -0.4 is 5.32 Å². The van der Waals surface area contributed by atoms with Gasteiger partial charge in [-0.2, -0.15) is 11.8 Å². The van der Waals surface area contributed by atoms with Crippen molar-refractivity contribution in [3.8, 4) is 0 Å². The lowest BCUT2D eigenvalue weighted by atomic mass is 10.3. The number of carbonyl (C=O) groups is 1. The highest BCUT2D eigenvalue weighted by Gasteiger charge is 2.16. The minimum atomic E-state index is -0.156. The summed E-state index contributed by atoms with van der Waals surface area (Å²) in [5.74, 6) is 1.80. The van der Waals surface area contributed by atoms with E-state index in [0.29, 0.717) is 6.61 Å². The Morgan fingerprint density at radius 1 is 1.40 bits per heavy atom. The van der Waals surface area contributed by atoms with Gasteiger partial charge >= 0.3 is 5.97 Å². The van der Waals surface area contributed by atoms with Crippen LogP contribution in [0.2, 0.25) is 0 Å². The van der Waals surface area contributed by atoms with E-state index in [9.17, 15) is 4.79 Å². The SMILES string of the molecule is CCCCCSCC(NC)C(=O)OCC. The molecule has 0 amide bonds. The number of carbonyl (C=O) groups excluding carboxylic acids is 1. The summed E-state index contributed by atoms with van der Waals surface area (Å²) in [5, 5.41) is 2.98. The topological polar surface area (TPSA) is 38.3 Å². The van der Waals surface area contributed by atoms with E-state index >= 15 is 0 Å². The third-order valence-corrected chi connectivity index (χ3v) is 3.24. The van der Waals surface area contributed by atoms with Crippen LogP contribution in [0.15, 0.2) is 0 Å². The highest BCUT2D eigenvalue weighted by Crippen LogP contribution is 2.08. The van der Waals surface area contributed by atoms with Crippen LogP contribution in [0.5, 0.6) is 0 Å². The van der Waals surface area contributed by atoms with Crippen molar-refractivity contribution < 1.29 is 9.53 Å². The van der Waals surface area contributed by atoms with Crippen molar-refractivity contribution in [3.63, 3.8) is 0 Å². The van der Waals surface area contributed by atoms with E-state index in [0.717, 1.165) is 11.5 Å². The number of hydrogen-bond donors (Lipinski definition) is 1. The summed E-state index contributed by atoms with van der Waals surface area (Å²) in [4.78, 5) is 11.4. The Morgan fingerprint density at radius 3 is 2.67 bits per heavy atom. The van der Waals surface area contributed by atoms with Crippen LogP contribution in [0.3, 0.4) is 0 Å². The second kappa shape index (κ2) is 10.3. The van der Waals surface area contributed by atoms with E-state index < -0.39 is 0 Å². The highest BCUT2D eigenvalue weighted by molar-refractivity contribution is 7.99. The molecule has 0 aromatic carbocycles. The van der Waals surface area contributed by atoms with Crippen molar-refractivity contribution in [1.82, 2.24) is 5.32 Å². The average molecular weight is 233 g/mol. The van der Waals surface area contributed by atoms with Gasteiger partial charge in [0, 0.05) is 5.75 Å². The third-order valence-electron chi connectivity index (χ3n) is 2.10. The average Bonchev–Trinajstić information content (AvgIpc) is 2.23. The smallest absolute Gasteiger partial charge is 0.323 e. The van der Waals surface area contributed by atoms with E-state index in [-0.39, 0.29) is 12.0 Å². The fraction of sp³-hybridized carbons (Fsp3) is 0.909. The predicted molar refractivity (Wildman–Crippen MR) is 66.3 cm³/mol. The molecule has 90 valence electrons. The summed E-state index contributed by atoms with van der Waals surface area (Å²) in [5.41, 5.74) is 0. The molecule has 0 saturated heterocycles. The van der Waals surface area contributed by atoms with Crippen molar-refractivity contribution >= 4 is 17.7 Å². The first-order valence-electron chi connectivity index (χ1n) is 5.67. The summed E-state index contributed by atoms with van der Waals surface area (Å²) in [7, 11) is 1.80. The zero-order chi connectivity index (χ0) is 11.5. The van der Waals surface area contributed by atoms with Crippen molar-refractivity contribution in [3.05, 3.63) is 0 Å². The Morgan fingerprint density at radius 2 is 2.13 bits per heavy atom. The number of thioether (sulfide) groups is 1. The van der Waals surface area contributed by atoms with E-state index in [1.165, 1.54) is 19.3 Å². The number of unbranched alkanes of at least 4 members (excludes halogenated alkanes) is 2. The van der Waals surface area contributed by atoms with Gasteiger partial charge in [-0.05, 0) is 26.1 Å². The quantitative estimate of drug-likeness (QED) is 0.489. The van der Waals surface area contributed by atoms with Gasteiger partial charge in [0.1, 0.15) is 6.04 Å². The molecule has 0 aliphatic heterocycles. The lowest BCUT2D eigenvalue weighted by Crippen LogP contribution is -2.37. The summed E-state index contributed by atoms with van der Waals surface area (Å²) in [6, 6.07) is -0.156. The molecule has 3 nitrogen and oxygen atoms in total. The van der Waals surface area contributed by atoms with Crippen molar-refractivity contribution in [2.45, 2.75) is 39.2 Å². The summed E-state index contributed by atoms with van der Waals surface area (Å²) in [6.45, 7) is 4.48. The van der Waals surface area contributed by atoms with Crippen LogP contribution >= 0.6 is 11.8 Å². The Kier molecular flexibility index (Phi) is 10.2. The second-order valence-electron chi connectivity index (χ2n) is 3.38. The minimum absolute atomic E-state index is 0.136. The van der Waals surface area contributed by atoms with E-state index in [1.807, 2.05) is 18.7 Å². The molecule has 1 atom stereocenters. The molecular formula is C11H23NO2S. The summed E-state index contributed by atoms with van der Waals surface area (Å²) in [6.07, 6.45) is 3.75. The van der Waals surface area contributed by atoms with E-state index in [2.05, 4.69) is 12.2 Å². The minimum Gasteiger partial charge on any atom is -0.465 e. The molecule has 0 radical (unpaired) electrons. The summed E-state index contributed by atoms with van der Waals surface area (Å²) < 4.78 is 4.96. The molecule has 4 heteroatoms. The zero-order valence-corrected chi connectivity index (χ0v) is 10.9. The number of rotatable bonds is 9. The molecule has 0 heterocycles. The molecule has 15 heavy (non-hydrogen) atoms. The molecule has 0 aliphatic carbocycles. The van der Waals surface area contributed by atoms with Gasteiger partial charge < -0.3 is 10.1 Å². The highest BCUT2D eigenvalue weighted by atomic mass is 32.2. The first-order valence-corrected chi connectivity index (χ1v) is 6.83. The van der Waals surface area contributed by atoms with Gasteiger partial charge in [0.25, 0.3) is 0 Å². The van der Waals surface area contributed by atoms with Crippen molar-refractivity contribution in [1.29, 1.82) is 0 Å². The van der Waals surface area contributed by atoms with E-state index in [4.69, 9.17) is 4.74 Å². The van der Waals surface area contributed by atoms with Crippen LogP contribution in [-0.4, -0.2) is 37.2 Å². The molecule has 0 fully saturated rings. The molecular weight excluding hydrogens is 210 g/mol. The van der Waals surface area contributed by atoms with Gasteiger partial charge in [-0.25, -0.2) is 0 Å². The van der Waals surface area contributed by atoms with Crippen LogP contribution in [0.1, 0.15) is 33.1 Å². The lowest BCUT2D eigenvalue weighted by molar-refractivity contribution is -0.144. The Balaban J connectivity index is 3.56. The lowest BCUT2D eigenvalue weighted by Gasteiger charge is -2.13. The number of nitrogens with one attached hydrogen (secondary N) is 1. The first-order chi connectivity index (χ1) is 7.26. The molecule has 1 N–H and O–H groups in total. The fourth-order valence-electron chi connectivity index (χ4n) is 1.17. The van der Waals surface area contributed by atoms with Crippen LogP contribution in [0.25, 0.3) is 0 Å². The molecule has 0 aliphatic rings. The van der Waals surface area contributed by atoms with Crippen LogP contribution in [0, 0.1) is 0 Å². The van der Waals surface area contributed by atoms with Gasteiger partial charge in [0.05, 0.1) is 6.61 Å². The monoisotopic (exact) mass is 233 g/mol. The van der Waals surface area contributed by atoms with Gasteiger partial charge in [0.15, 0.2) is 0 Å². The zero-order valence-electron chi connectivity index (χ0n) is 10.0. The normalized spacial score (nSPS) is 12.5. The van der Waals surface area contributed by atoms with Gasteiger partial charge in [-0.15, -0.1) is 0 Å². The first kappa shape index (κ1) is 14.8. The molecule has 0 spiro atoms. The third kappa shape index (κ3) is 7.68. The second-order valence-corrected chi connectivity index (χ2v) is 4.53. The number of likely N-dealkylation sites (N-methyl/N-ethyl adjacent to an activating group) is 1. The molecule has 1 unspecified atom stereocenters. The molecule has 0 bridgehead atoms. The Hall–Kier alpha value is -0.220. The predicted octanol–water partition coefficient (Wildman–Crippen LogP) is 2.06. The standard InChI is InChI=1S/C11H23NO2S/c1-4-6-7-8-15-9-10(12-3)11(13)14-5-2/h10,12H,4-9H2,1-3H3. The summed E-state index contributed by atoms with van der Waals surface area (Å²) >= 11 is 1.82. The number of ether oxygens (including phenoxy) is 1. The fourth-order valence-corrected chi connectivity index (χ4v) is 2.28. The van der Waals surface area contributed by atoms with Crippen molar-refractivity contribution in [2.75, 3.05) is 25.2 Å². The number of hydrogen-bond acceptors (Lipinski definition) is 4. The van der Waals surface area contributed by atoms with Gasteiger partial charge in [-0.1, -0.05) is 19.8 Å². The maximum Gasteiger partial charge on any atom is 0.323 e. The largest absolute Gasteiger partial charge is 0.465 e. The van der Waals surface area contributed by atoms with Crippen LogP contribution in [0.4, 0.5) is 0 Å². The van der Waals surface area contributed by atoms with Gasteiger partial charge in [0.2, 0.25) is 0 Å².